The Hall–Kier alpha value is -1.50. The van der Waals surface area contributed by atoms with Crippen LogP contribution in [-0.4, -0.2) is 6.04 Å². The van der Waals surface area contributed by atoms with Gasteiger partial charge in [-0.3, -0.25) is 0 Å². The number of hydrogen-bond acceptors (Lipinski definition) is 1. The number of anilines is 1. The monoisotopic (exact) mass is 237 g/mol. The fourth-order valence-electron chi connectivity index (χ4n) is 3.06. The molecule has 1 heteroatoms. The summed E-state index contributed by atoms with van der Waals surface area (Å²) < 4.78 is 0. The summed E-state index contributed by atoms with van der Waals surface area (Å²) >= 11 is 0. The normalized spacial score (nSPS) is 19.4. The van der Waals surface area contributed by atoms with Crippen LogP contribution in [0.25, 0.3) is 10.8 Å². The summed E-state index contributed by atoms with van der Waals surface area (Å²) in [7, 11) is 0. The van der Waals surface area contributed by atoms with Gasteiger partial charge < -0.3 is 5.32 Å². The summed E-state index contributed by atoms with van der Waals surface area (Å²) in [4.78, 5) is 0. The summed E-state index contributed by atoms with van der Waals surface area (Å²) in [6.07, 6.45) is 5.72. The second-order valence-corrected chi connectivity index (χ2v) is 5.87. The van der Waals surface area contributed by atoms with Crippen LogP contribution in [0.1, 0.15) is 25.7 Å². The molecule has 2 fully saturated rings. The van der Waals surface area contributed by atoms with Crippen LogP contribution in [0.5, 0.6) is 0 Å². The Kier molecular flexibility index (Phi) is 2.32. The van der Waals surface area contributed by atoms with Crippen LogP contribution in [0.4, 0.5) is 5.69 Å². The second-order valence-electron chi connectivity index (χ2n) is 5.87. The summed E-state index contributed by atoms with van der Waals surface area (Å²) in [5.74, 6) is 1.88. The molecule has 2 aromatic carbocycles. The van der Waals surface area contributed by atoms with E-state index in [1.807, 2.05) is 0 Å². The van der Waals surface area contributed by atoms with Gasteiger partial charge in [-0.15, -0.1) is 0 Å². The largest absolute Gasteiger partial charge is 0.381 e. The maximum Gasteiger partial charge on any atom is 0.0422 e. The zero-order valence-electron chi connectivity index (χ0n) is 10.6. The van der Waals surface area contributed by atoms with Crippen LogP contribution in [0.3, 0.4) is 0 Å². The minimum atomic E-state index is 0.732. The van der Waals surface area contributed by atoms with Crippen LogP contribution < -0.4 is 5.32 Å². The zero-order chi connectivity index (χ0) is 11.9. The smallest absolute Gasteiger partial charge is 0.0422 e. The van der Waals surface area contributed by atoms with E-state index in [1.165, 1.54) is 42.1 Å². The van der Waals surface area contributed by atoms with Crippen LogP contribution in [0.15, 0.2) is 42.5 Å². The first-order chi connectivity index (χ1) is 8.92. The van der Waals surface area contributed by atoms with E-state index in [0.717, 1.165) is 17.9 Å². The maximum absolute atomic E-state index is 3.85. The van der Waals surface area contributed by atoms with Crippen molar-refractivity contribution in [3.05, 3.63) is 42.5 Å². The van der Waals surface area contributed by atoms with E-state index in [9.17, 15) is 0 Å². The molecule has 2 aliphatic rings. The number of benzene rings is 2. The number of fused-ring (bicyclic) bond motifs is 1. The number of hydrogen-bond donors (Lipinski definition) is 1. The SMILES string of the molecule is c1ccc2c(NC(C3CC3)C3CC3)cccc2c1. The Morgan fingerprint density at radius 1 is 0.833 bits per heavy atom. The van der Waals surface area contributed by atoms with Gasteiger partial charge in [0.15, 0.2) is 0 Å². The van der Waals surface area contributed by atoms with Crippen molar-refractivity contribution in [1.82, 2.24) is 0 Å². The highest BCUT2D eigenvalue weighted by molar-refractivity contribution is 5.93. The Bertz CT molecular complexity index is 549. The topological polar surface area (TPSA) is 12.0 Å². The molecule has 0 bridgehead atoms. The zero-order valence-corrected chi connectivity index (χ0v) is 10.6. The van der Waals surface area contributed by atoms with Gasteiger partial charge in [0.05, 0.1) is 0 Å². The lowest BCUT2D eigenvalue weighted by Crippen LogP contribution is -2.24. The van der Waals surface area contributed by atoms with E-state index in [0.29, 0.717) is 0 Å². The summed E-state index contributed by atoms with van der Waals surface area (Å²) in [5.41, 5.74) is 1.33. The highest BCUT2D eigenvalue weighted by Gasteiger charge is 2.41. The predicted octanol–water partition coefficient (Wildman–Crippen LogP) is 4.44. The first-order valence-electron chi connectivity index (χ1n) is 7.16. The van der Waals surface area contributed by atoms with Crippen LogP contribution in [0.2, 0.25) is 0 Å². The van der Waals surface area contributed by atoms with Crippen molar-refractivity contribution in [2.45, 2.75) is 31.7 Å². The summed E-state index contributed by atoms with van der Waals surface area (Å²) in [6, 6.07) is 16.0. The van der Waals surface area contributed by atoms with Crippen LogP contribution in [-0.2, 0) is 0 Å². The van der Waals surface area contributed by atoms with E-state index >= 15 is 0 Å². The van der Waals surface area contributed by atoms with E-state index in [-0.39, 0.29) is 0 Å². The third-order valence-electron chi connectivity index (χ3n) is 4.37. The number of nitrogens with one attached hydrogen (secondary N) is 1. The molecule has 1 nitrogen and oxygen atoms in total. The van der Waals surface area contributed by atoms with Gasteiger partial charge in [0.1, 0.15) is 0 Å². The molecule has 2 aromatic rings. The number of rotatable bonds is 4. The molecule has 0 spiro atoms. The molecule has 0 atom stereocenters. The third-order valence-corrected chi connectivity index (χ3v) is 4.37. The van der Waals surface area contributed by atoms with Gasteiger partial charge in [-0.05, 0) is 49.0 Å². The lowest BCUT2D eigenvalue weighted by molar-refractivity contribution is 0.568. The molecule has 92 valence electrons. The van der Waals surface area contributed by atoms with Gasteiger partial charge in [-0.2, -0.15) is 0 Å². The molecule has 2 saturated carbocycles. The molecule has 0 amide bonds. The molecule has 4 rings (SSSR count). The molecule has 0 saturated heterocycles. The minimum Gasteiger partial charge on any atom is -0.381 e. The average molecular weight is 237 g/mol. The molecular formula is C17H19N. The first kappa shape index (κ1) is 10.4. The van der Waals surface area contributed by atoms with E-state index in [4.69, 9.17) is 0 Å². The molecule has 18 heavy (non-hydrogen) atoms. The van der Waals surface area contributed by atoms with Gasteiger partial charge in [0.2, 0.25) is 0 Å². The molecule has 0 aliphatic heterocycles. The van der Waals surface area contributed by atoms with Crippen molar-refractivity contribution in [2.75, 3.05) is 5.32 Å². The van der Waals surface area contributed by atoms with E-state index in [1.54, 1.807) is 0 Å². The molecule has 1 N–H and O–H groups in total. The van der Waals surface area contributed by atoms with Crippen molar-refractivity contribution in [2.24, 2.45) is 11.8 Å². The first-order valence-corrected chi connectivity index (χ1v) is 7.16. The minimum absolute atomic E-state index is 0.732. The van der Waals surface area contributed by atoms with Gasteiger partial charge in [0, 0.05) is 17.1 Å². The van der Waals surface area contributed by atoms with Crippen molar-refractivity contribution < 1.29 is 0 Å². The van der Waals surface area contributed by atoms with Crippen molar-refractivity contribution >= 4 is 16.5 Å². The van der Waals surface area contributed by atoms with E-state index in [2.05, 4.69) is 47.8 Å². The molecule has 0 heterocycles. The maximum atomic E-state index is 3.85. The third kappa shape index (κ3) is 1.88. The fourth-order valence-corrected chi connectivity index (χ4v) is 3.06. The lowest BCUT2D eigenvalue weighted by atomic mass is 10.0. The fraction of sp³-hybridized carbons (Fsp3) is 0.412. The lowest BCUT2D eigenvalue weighted by Gasteiger charge is -2.20. The van der Waals surface area contributed by atoms with Crippen molar-refractivity contribution in [3.63, 3.8) is 0 Å². The molecule has 2 aliphatic carbocycles. The predicted molar refractivity (Wildman–Crippen MR) is 76.8 cm³/mol. The van der Waals surface area contributed by atoms with Gasteiger partial charge in [-0.25, -0.2) is 0 Å². The molecule has 0 unspecified atom stereocenters. The van der Waals surface area contributed by atoms with Crippen LogP contribution >= 0.6 is 0 Å². The Balaban J connectivity index is 1.68. The molecule has 0 radical (unpaired) electrons. The Morgan fingerprint density at radius 3 is 2.22 bits per heavy atom. The van der Waals surface area contributed by atoms with Gasteiger partial charge in [0.25, 0.3) is 0 Å². The van der Waals surface area contributed by atoms with Gasteiger partial charge >= 0.3 is 0 Å². The Morgan fingerprint density at radius 2 is 1.50 bits per heavy atom. The van der Waals surface area contributed by atoms with Crippen molar-refractivity contribution in [3.8, 4) is 0 Å². The van der Waals surface area contributed by atoms with Crippen molar-refractivity contribution in [1.29, 1.82) is 0 Å². The summed E-state index contributed by atoms with van der Waals surface area (Å²) in [5, 5.41) is 6.55. The molecular weight excluding hydrogens is 218 g/mol. The van der Waals surface area contributed by atoms with Crippen LogP contribution in [0, 0.1) is 11.8 Å². The average Bonchev–Trinajstić information content (AvgIpc) is 3.29. The highest BCUT2D eigenvalue weighted by Crippen LogP contribution is 2.46. The standard InChI is InChI=1S/C17H19N/c1-2-6-15-12(4-1)5-3-7-16(15)18-17(13-8-9-13)14-10-11-14/h1-7,13-14,17-18H,8-11H2. The summed E-state index contributed by atoms with van der Waals surface area (Å²) in [6.45, 7) is 0. The van der Waals surface area contributed by atoms with E-state index < -0.39 is 0 Å². The highest BCUT2D eigenvalue weighted by atomic mass is 15.0. The Labute approximate surface area is 108 Å². The second kappa shape index (κ2) is 4.01. The molecule has 0 aromatic heterocycles. The van der Waals surface area contributed by atoms with Gasteiger partial charge in [-0.1, -0.05) is 36.4 Å². The quantitative estimate of drug-likeness (QED) is 0.829.